The molecule has 4 nitrogen and oxygen atoms in total. The van der Waals surface area contributed by atoms with Crippen molar-refractivity contribution in [2.24, 2.45) is 5.73 Å². The van der Waals surface area contributed by atoms with Crippen LogP contribution in [0.3, 0.4) is 0 Å². The molecule has 0 fully saturated rings. The SMILES string of the molecule is Cc1ccccc1C1=C(N)NNC1C=O. The first-order valence-corrected chi connectivity index (χ1v) is 4.76. The van der Waals surface area contributed by atoms with E-state index in [2.05, 4.69) is 10.9 Å². The maximum absolute atomic E-state index is 10.9. The summed E-state index contributed by atoms with van der Waals surface area (Å²) >= 11 is 0. The first-order chi connectivity index (χ1) is 7.24. The Kier molecular flexibility index (Phi) is 2.43. The van der Waals surface area contributed by atoms with Crippen molar-refractivity contribution >= 4 is 11.9 Å². The molecule has 78 valence electrons. The van der Waals surface area contributed by atoms with E-state index in [1.165, 1.54) is 0 Å². The zero-order valence-electron chi connectivity index (χ0n) is 8.45. The van der Waals surface area contributed by atoms with Crippen LogP contribution in [-0.2, 0) is 4.79 Å². The van der Waals surface area contributed by atoms with Gasteiger partial charge < -0.3 is 16.0 Å². The van der Waals surface area contributed by atoms with Crippen LogP contribution in [0, 0.1) is 6.92 Å². The molecule has 0 aromatic heterocycles. The van der Waals surface area contributed by atoms with Crippen LogP contribution in [0.5, 0.6) is 0 Å². The molecule has 1 aliphatic heterocycles. The van der Waals surface area contributed by atoms with Crippen molar-refractivity contribution in [2.45, 2.75) is 13.0 Å². The number of carbonyl (C=O) groups excluding carboxylic acids is 1. The minimum atomic E-state index is -0.369. The van der Waals surface area contributed by atoms with Crippen molar-refractivity contribution in [3.05, 3.63) is 41.2 Å². The third kappa shape index (κ3) is 1.59. The summed E-state index contributed by atoms with van der Waals surface area (Å²) in [7, 11) is 0. The molecule has 0 saturated heterocycles. The Balaban J connectivity index is 2.50. The first-order valence-electron chi connectivity index (χ1n) is 4.76. The lowest BCUT2D eigenvalue weighted by atomic mass is 9.96. The normalized spacial score (nSPS) is 20.2. The van der Waals surface area contributed by atoms with Crippen molar-refractivity contribution in [3.63, 3.8) is 0 Å². The molecule has 1 atom stereocenters. The van der Waals surface area contributed by atoms with Gasteiger partial charge in [-0.1, -0.05) is 24.3 Å². The number of aldehydes is 1. The Bertz CT molecular complexity index is 426. The molecule has 1 aliphatic rings. The van der Waals surface area contributed by atoms with Crippen LogP contribution in [0.1, 0.15) is 11.1 Å². The summed E-state index contributed by atoms with van der Waals surface area (Å²) in [5, 5.41) is 0. The van der Waals surface area contributed by atoms with Crippen molar-refractivity contribution in [1.29, 1.82) is 0 Å². The number of rotatable bonds is 2. The zero-order valence-corrected chi connectivity index (χ0v) is 8.45. The smallest absolute Gasteiger partial charge is 0.143 e. The number of nitrogens with one attached hydrogen (secondary N) is 2. The van der Waals surface area contributed by atoms with Gasteiger partial charge in [0.1, 0.15) is 18.1 Å². The van der Waals surface area contributed by atoms with Crippen molar-refractivity contribution in [2.75, 3.05) is 0 Å². The number of hydrazine groups is 1. The molecule has 0 amide bonds. The average Bonchev–Trinajstić information content (AvgIpc) is 2.60. The minimum absolute atomic E-state index is 0.369. The molecule has 1 aromatic carbocycles. The maximum Gasteiger partial charge on any atom is 0.143 e. The number of carbonyl (C=O) groups is 1. The highest BCUT2D eigenvalue weighted by molar-refractivity contribution is 5.87. The topological polar surface area (TPSA) is 67.2 Å². The maximum atomic E-state index is 10.9. The summed E-state index contributed by atoms with van der Waals surface area (Å²) in [6.45, 7) is 2.00. The highest BCUT2D eigenvalue weighted by atomic mass is 16.1. The molecular weight excluding hydrogens is 190 g/mol. The molecule has 4 N–H and O–H groups in total. The Morgan fingerprint density at radius 3 is 2.80 bits per heavy atom. The third-order valence-electron chi connectivity index (χ3n) is 2.53. The van der Waals surface area contributed by atoms with Crippen LogP contribution in [0.4, 0.5) is 0 Å². The van der Waals surface area contributed by atoms with E-state index in [1.54, 1.807) is 0 Å². The van der Waals surface area contributed by atoms with E-state index in [1.807, 2.05) is 31.2 Å². The van der Waals surface area contributed by atoms with Crippen LogP contribution in [0.15, 0.2) is 30.1 Å². The molecule has 0 aliphatic carbocycles. The van der Waals surface area contributed by atoms with Gasteiger partial charge in [0, 0.05) is 5.57 Å². The molecule has 1 unspecified atom stereocenters. The summed E-state index contributed by atoms with van der Waals surface area (Å²) in [5.74, 6) is 0.515. The van der Waals surface area contributed by atoms with Gasteiger partial charge >= 0.3 is 0 Å². The standard InChI is InChI=1S/C11H13N3O/c1-7-4-2-3-5-8(7)10-9(6-15)13-14-11(10)12/h2-6,9,13-14H,12H2,1H3. The fourth-order valence-electron chi connectivity index (χ4n) is 1.75. The Morgan fingerprint density at radius 1 is 1.40 bits per heavy atom. The van der Waals surface area contributed by atoms with Crippen LogP contribution >= 0.6 is 0 Å². The number of hydrogen-bond acceptors (Lipinski definition) is 4. The Morgan fingerprint density at radius 2 is 2.13 bits per heavy atom. The monoisotopic (exact) mass is 203 g/mol. The van der Waals surface area contributed by atoms with Crippen LogP contribution in [0.25, 0.3) is 5.57 Å². The molecule has 0 radical (unpaired) electrons. The van der Waals surface area contributed by atoms with E-state index in [0.29, 0.717) is 5.82 Å². The van der Waals surface area contributed by atoms with Gasteiger partial charge in [-0.15, -0.1) is 0 Å². The lowest BCUT2D eigenvalue weighted by molar-refractivity contribution is -0.108. The summed E-state index contributed by atoms with van der Waals surface area (Å²) < 4.78 is 0. The number of aryl methyl sites for hydroxylation is 1. The molecule has 1 aromatic rings. The largest absolute Gasteiger partial charge is 0.384 e. The lowest BCUT2D eigenvalue weighted by Crippen LogP contribution is -2.34. The fourth-order valence-corrected chi connectivity index (χ4v) is 1.75. The highest BCUT2D eigenvalue weighted by Gasteiger charge is 2.24. The minimum Gasteiger partial charge on any atom is -0.384 e. The average molecular weight is 203 g/mol. The number of hydrogen-bond donors (Lipinski definition) is 3. The van der Waals surface area contributed by atoms with Gasteiger partial charge in [-0.05, 0) is 18.1 Å². The molecular formula is C11H13N3O. The van der Waals surface area contributed by atoms with E-state index in [4.69, 9.17) is 5.73 Å². The van der Waals surface area contributed by atoms with Gasteiger partial charge in [0.05, 0.1) is 0 Å². The molecule has 1 heterocycles. The van der Waals surface area contributed by atoms with E-state index >= 15 is 0 Å². The van der Waals surface area contributed by atoms with Gasteiger partial charge in [0.15, 0.2) is 0 Å². The molecule has 0 bridgehead atoms. The summed E-state index contributed by atoms with van der Waals surface area (Å²) in [6, 6.07) is 7.48. The first kappa shape index (κ1) is 9.73. The second-order valence-electron chi connectivity index (χ2n) is 3.53. The van der Waals surface area contributed by atoms with Gasteiger partial charge in [-0.2, -0.15) is 0 Å². The molecule has 0 spiro atoms. The summed E-state index contributed by atoms with van der Waals surface area (Å²) in [4.78, 5) is 10.9. The fraction of sp³-hybridized carbons (Fsp3) is 0.182. The Hall–Kier alpha value is -1.81. The third-order valence-corrected chi connectivity index (χ3v) is 2.53. The summed E-state index contributed by atoms with van der Waals surface area (Å²) in [6.07, 6.45) is 0.842. The van der Waals surface area contributed by atoms with Gasteiger partial charge in [0.2, 0.25) is 0 Å². The second-order valence-corrected chi connectivity index (χ2v) is 3.53. The van der Waals surface area contributed by atoms with Crippen LogP contribution in [-0.4, -0.2) is 12.3 Å². The quantitative estimate of drug-likeness (QED) is 0.605. The van der Waals surface area contributed by atoms with E-state index in [-0.39, 0.29) is 6.04 Å². The second kappa shape index (κ2) is 3.74. The van der Waals surface area contributed by atoms with Gasteiger partial charge in [0.25, 0.3) is 0 Å². The molecule has 4 heteroatoms. The lowest BCUT2D eigenvalue weighted by Gasteiger charge is -2.10. The molecule has 0 saturated carbocycles. The Labute approximate surface area is 88.1 Å². The molecule has 2 rings (SSSR count). The van der Waals surface area contributed by atoms with Gasteiger partial charge in [-0.3, -0.25) is 0 Å². The van der Waals surface area contributed by atoms with E-state index in [0.717, 1.165) is 23.0 Å². The van der Waals surface area contributed by atoms with Crippen LogP contribution < -0.4 is 16.6 Å². The summed E-state index contributed by atoms with van der Waals surface area (Å²) in [5.41, 5.74) is 14.3. The van der Waals surface area contributed by atoms with E-state index < -0.39 is 0 Å². The molecule has 15 heavy (non-hydrogen) atoms. The zero-order chi connectivity index (χ0) is 10.8. The highest BCUT2D eigenvalue weighted by Crippen LogP contribution is 2.24. The predicted molar refractivity (Wildman–Crippen MR) is 58.4 cm³/mol. The van der Waals surface area contributed by atoms with Crippen LogP contribution in [0.2, 0.25) is 0 Å². The van der Waals surface area contributed by atoms with Crippen molar-refractivity contribution < 1.29 is 4.79 Å². The van der Waals surface area contributed by atoms with Crippen molar-refractivity contribution in [3.8, 4) is 0 Å². The van der Waals surface area contributed by atoms with E-state index in [9.17, 15) is 4.79 Å². The van der Waals surface area contributed by atoms with Gasteiger partial charge in [-0.25, -0.2) is 5.43 Å². The van der Waals surface area contributed by atoms with Crippen molar-refractivity contribution in [1.82, 2.24) is 10.9 Å². The number of benzene rings is 1. The number of nitrogens with two attached hydrogens (primary N) is 1. The predicted octanol–water partition coefficient (Wildman–Crippen LogP) is 0.298.